The third-order valence-corrected chi connectivity index (χ3v) is 4.69. The first-order chi connectivity index (χ1) is 10.2. The Hall–Kier alpha value is -1.13. The number of methoxy groups -OCH3 is 1. The number of benzene rings is 1. The first-order valence-electron chi connectivity index (χ1n) is 6.92. The van der Waals surface area contributed by atoms with Gasteiger partial charge in [0.25, 0.3) is 0 Å². The van der Waals surface area contributed by atoms with Crippen LogP contribution in [0.2, 0.25) is 10.0 Å². The number of piperidine rings is 1. The smallest absolute Gasteiger partial charge is 0.123 e. The predicted molar refractivity (Wildman–Crippen MR) is 85.4 cm³/mol. The van der Waals surface area contributed by atoms with Gasteiger partial charge >= 0.3 is 0 Å². The zero-order valence-electron chi connectivity index (χ0n) is 11.9. The number of azide groups is 1. The van der Waals surface area contributed by atoms with Gasteiger partial charge in [-0.1, -0.05) is 28.3 Å². The summed E-state index contributed by atoms with van der Waals surface area (Å²) in [6.45, 7) is 2.34. The molecule has 1 fully saturated rings. The summed E-state index contributed by atoms with van der Waals surface area (Å²) in [6, 6.07) is 3.56. The minimum absolute atomic E-state index is 0.0905. The van der Waals surface area contributed by atoms with E-state index < -0.39 is 0 Å². The normalized spacial score (nSPS) is 17.1. The second kappa shape index (κ2) is 7.76. The number of halogens is 2. The van der Waals surface area contributed by atoms with E-state index in [-0.39, 0.29) is 5.92 Å². The fraction of sp³-hybridized carbons (Fsp3) is 0.571. The van der Waals surface area contributed by atoms with Crippen LogP contribution < -0.4 is 10.1 Å². The van der Waals surface area contributed by atoms with Crippen molar-refractivity contribution in [3.63, 3.8) is 0 Å². The quantitative estimate of drug-likeness (QED) is 0.494. The molecule has 1 aromatic carbocycles. The molecule has 2 rings (SSSR count). The molecule has 0 aromatic heterocycles. The summed E-state index contributed by atoms with van der Waals surface area (Å²) in [5.41, 5.74) is 9.62. The second-order valence-electron chi connectivity index (χ2n) is 5.12. The van der Waals surface area contributed by atoms with Gasteiger partial charge in [0, 0.05) is 17.5 Å². The molecule has 0 amide bonds. The summed E-state index contributed by atoms with van der Waals surface area (Å²) in [4.78, 5) is 2.90. The monoisotopic (exact) mass is 328 g/mol. The summed E-state index contributed by atoms with van der Waals surface area (Å²) in [7, 11) is 1.61. The number of nitrogens with one attached hydrogen (secondary N) is 1. The Morgan fingerprint density at radius 3 is 2.67 bits per heavy atom. The fourth-order valence-corrected chi connectivity index (χ4v) is 3.21. The molecule has 0 saturated carbocycles. The Labute approximate surface area is 134 Å². The molecule has 1 aliphatic heterocycles. The lowest BCUT2D eigenvalue weighted by Crippen LogP contribution is -2.31. The zero-order valence-corrected chi connectivity index (χ0v) is 13.4. The zero-order chi connectivity index (χ0) is 15.2. The third-order valence-electron chi connectivity index (χ3n) is 3.97. The van der Waals surface area contributed by atoms with Crippen molar-refractivity contribution in [3.8, 4) is 5.75 Å². The van der Waals surface area contributed by atoms with Crippen molar-refractivity contribution in [2.24, 2.45) is 11.0 Å². The maximum atomic E-state index is 8.65. The Kier molecular flexibility index (Phi) is 6.00. The highest BCUT2D eigenvalue weighted by molar-refractivity contribution is 6.42. The van der Waals surface area contributed by atoms with E-state index in [1.54, 1.807) is 13.2 Å². The van der Waals surface area contributed by atoms with Gasteiger partial charge in [-0.05, 0) is 54.9 Å². The van der Waals surface area contributed by atoms with Crippen LogP contribution in [0.5, 0.6) is 5.75 Å². The largest absolute Gasteiger partial charge is 0.496 e. The molecule has 1 aromatic rings. The minimum Gasteiger partial charge on any atom is -0.496 e. The van der Waals surface area contributed by atoms with Crippen LogP contribution in [-0.4, -0.2) is 26.7 Å². The summed E-state index contributed by atoms with van der Waals surface area (Å²) < 4.78 is 5.44. The molecule has 1 N–H and O–H groups in total. The lowest BCUT2D eigenvalue weighted by Gasteiger charge is -2.31. The van der Waals surface area contributed by atoms with E-state index in [1.165, 1.54) is 0 Å². The van der Waals surface area contributed by atoms with Gasteiger partial charge in [0.2, 0.25) is 0 Å². The average Bonchev–Trinajstić information content (AvgIpc) is 2.51. The molecule has 1 heterocycles. The first kappa shape index (κ1) is 16.2. The highest BCUT2D eigenvalue weighted by Gasteiger charge is 2.27. The van der Waals surface area contributed by atoms with Crippen molar-refractivity contribution >= 4 is 23.2 Å². The summed E-state index contributed by atoms with van der Waals surface area (Å²) in [5.74, 6) is 1.22. The molecule has 1 unspecified atom stereocenters. The summed E-state index contributed by atoms with van der Waals surface area (Å²) in [5, 5.41) is 8.08. The van der Waals surface area contributed by atoms with E-state index >= 15 is 0 Å². The van der Waals surface area contributed by atoms with Gasteiger partial charge in [0.05, 0.1) is 17.2 Å². The van der Waals surface area contributed by atoms with Crippen molar-refractivity contribution in [1.82, 2.24) is 5.32 Å². The SMILES string of the molecule is COc1cc(Cl)c(Cl)cc1C(CN=[N+]=[N-])C1CCNCC1. The maximum absolute atomic E-state index is 8.65. The molecule has 0 radical (unpaired) electrons. The van der Waals surface area contributed by atoms with Gasteiger partial charge in [-0.3, -0.25) is 0 Å². The van der Waals surface area contributed by atoms with Crippen molar-refractivity contribution in [2.75, 3.05) is 26.7 Å². The van der Waals surface area contributed by atoms with Crippen LogP contribution in [0.15, 0.2) is 17.2 Å². The second-order valence-corrected chi connectivity index (χ2v) is 5.93. The highest BCUT2D eigenvalue weighted by Crippen LogP contribution is 2.40. The predicted octanol–water partition coefficient (Wildman–Crippen LogP) is 4.40. The molecule has 0 bridgehead atoms. The Morgan fingerprint density at radius 1 is 1.38 bits per heavy atom. The number of rotatable bonds is 5. The molecule has 5 nitrogen and oxygen atoms in total. The number of nitrogens with zero attached hydrogens (tertiary/aromatic N) is 3. The highest BCUT2D eigenvalue weighted by atomic mass is 35.5. The van der Waals surface area contributed by atoms with Crippen molar-refractivity contribution in [3.05, 3.63) is 38.2 Å². The number of hydrogen-bond donors (Lipinski definition) is 1. The molecule has 114 valence electrons. The van der Waals surface area contributed by atoms with Crippen molar-refractivity contribution in [2.45, 2.75) is 18.8 Å². The van der Waals surface area contributed by atoms with E-state index in [9.17, 15) is 0 Å². The fourth-order valence-electron chi connectivity index (χ4n) is 2.88. The first-order valence-corrected chi connectivity index (χ1v) is 7.67. The molecular weight excluding hydrogens is 311 g/mol. The van der Waals surface area contributed by atoms with Gasteiger partial charge in [-0.25, -0.2) is 0 Å². The molecule has 1 saturated heterocycles. The van der Waals surface area contributed by atoms with Crippen molar-refractivity contribution < 1.29 is 4.74 Å². The van der Waals surface area contributed by atoms with Crippen LogP contribution >= 0.6 is 23.2 Å². The van der Waals surface area contributed by atoms with Crippen LogP contribution in [0.3, 0.4) is 0 Å². The maximum Gasteiger partial charge on any atom is 0.123 e. The number of ether oxygens (including phenoxy) is 1. The molecule has 7 heteroatoms. The summed E-state index contributed by atoms with van der Waals surface area (Å²) >= 11 is 12.2. The molecule has 0 aliphatic carbocycles. The van der Waals surface area contributed by atoms with Crippen LogP contribution in [0, 0.1) is 5.92 Å². The topological polar surface area (TPSA) is 70.0 Å². The van der Waals surface area contributed by atoms with Crippen LogP contribution in [0.25, 0.3) is 10.4 Å². The van der Waals surface area contributed by atoms with E-state index in [0.29, 0.717) is 28.3 Å². The van der Waals surface area contributed by atoms with E-state index in [4.69, 9.17) is 33.5 Å². The standard InChI is InChI=1S/C14H18Cl2N4O/c1-21-14-7-13(16)12(15)6-10(14)11(8-19-20-17)9-2-4-18-5-3-9/h6-7,9,11,18H,2-5,8H2,1H3. The third kappa shape index (κ3) is 3.95. The van der Waals surface area contributed by atoms with Crippen LogP contribution in [0.4, 0.5) is 0 Å². The molecule has 1 atom stereocenters. The lowest BCUT2D eigenvalue weighted by atomic mass is 9.80. The van der Waals surface area contributed by atoms with E-state index in [2.05, 4.69) is 15.3 Å². The molecule has 0 spiro atoms. The van der Waals surface area contributed by atoms with Crippen molar-refractivity contribution in [1.29, 1.82) is 0 Å². The van der Waals surface area contributed by atoms with Crippen LogP contribution in [-0.2, 0) is 0 Å². The van der Waals surface area contributed by atoms with Gasteiger partial charge in [-0.2, -0.15) is 0 Å². The van der Waals surface area contributed by atoms with Gasteiger partial charge in [-0.15, -0.1) is 0 Å². The van der Waals surface area contributed by atoms with E-state index in [1.807, 2.05) is 6.07 Å². The molecular formula is C14H18Cl2N4O. The lowest BCUT2D eigenvalue weighted by molar-refractivity contribution is 0.312. The van der Waals surface area contributed by atoms with Crippen LogP contribution in [0.1, 0.15) is 24.3 Å². The Bertz CT molecular complexity index is 540. The van der Waals surface area contributed by atoms with Gasteiger partial charge in [0.15, 0.2) is 0 Å². The number of hydrogen-bond acceptors (Lipinski definition) is 3. The van der Waals surface area contributed by atoms with E-state index in [0.717, 1.165) is 31.5 Å². The summed E-state index contributed by atoms with van der Waals surface area (Å²) in [6.07, 6.45) is 2.07. The minimum atomic E-state index is 0.0905. The molecule has 1 aliphatic rings. The van der Waals surface area contributed by atoms with Gasteiger partial charge in [0.1, 0.15) is 5.75 Å². The Balaban J connectivity index is 2.39. The molecule has 21 heavy (non-hydrogen) atoms. The average molecular weight is 329 g/mol. The van der Waals surface area contributed by atoms with Gasteiger partial charge < -0.3 is 10.1 Å². The Morgan fingerprint density at radius 2 is 2.05 bits per heavy atom.